The molecule has 2 heterocycles. The third kappa shape index (κ3) is 4.94. The van der Waals surface area contributed by atoms with Crippen LogP contribution in [0.5, 0.6) is 5.75 Å². The van der Waals surface area contributed by atoms with Gasteiger partial charge in [-0.25, -0.2) is 0 Å². The van der Waals surface area contributed by atoms with Gasteiger partial charge in [0.05, 0.1) is 13.0 Å². The van der Waals surface area contributed by atoms with E-state index >= 15 is 0 Å². The van der Waals surface area contributed by atoms with Crippen molar-refractivity contribution in [1.29, 1.82) is 0 Å². The van der Waals surface area contributed by atoms with Crippen molar-refractivity contribution in [3.63, 3.8) is 0 Å². The van der Waals surface area contributed by atoms with Gasteiger partial charge in [-0.3, -0.25) is 4.79 Å². The molecule has 2 aromatic rings. The first kappa shape index (κ1) is 18.2. The minimum absolute atomic E-state index is 0.132. The van der Waals surface area contributed by atoms with Crippen LogP contribution in [0.15, 0.2) is 42.5 Å². The largest absolute Gasteiger partial charge is 0.493 e. The van der Waals surface area contributed by atoms with E-state index in [0.29, 0.717) is 18.5 Å². The highest BCUT2D eigenvalue weighted by Crippen LogP contribution is 2.24. The standard InChI is InChI=1S/C20H26N4O2/c1-2-16-8-6-7-14-24(16)19-12-11-18(22-23-19)21-20(25)13-15-26-17-9-4-3-5-10-17/h3-5,9-12,16H,2,6-8,13-15H2,1H3,(H,21,22,25). The number of piperidine rings is 1. The lowest BCUT2D eigenvalue weighted by atomic mass is 10.0. The smallest absolute Gasteiger partial charge is 0.229 e. The van der Waals surface area contributed by atoms with Crippen molar-refractivity contribution in [3.8, 4) is 5.75 Å². The van der Waals surface area contributed by atoms with E-state index in [9.17, 15) is 4.79 Å². The van der Waals surface area contributed by atoms with Gasteiger partial charge in [0.15, 0.2) is 11.6 Å². The molecule has 0 radical (unpaired) electrons. The second-order valence-corrected chi connectivity index (χ2v) is 6.49. The van der Waals surface area contributed by atoms with E-state index in [1.54, 1.807) is 0 Å². The number of nitrogens with one attached hydrogen (secondary N) is 1. The molecule has 1 amide bonds. The van der Waals surface area contributed by atoms with Crippen LogP contribution in [0.25, 0.3) is 0 Å². The first-order valence-electron chi connectivity index (χ1n) is 9.34. The van der Waals surface area contributed by atoms with Crippen LogP contribution in [0.1, 0.15) is 39.0 Å². The summed E-state index contributed by atoms with van der Waals surface area (Å²) in [4.78, 5) is 14.3. The Bertz CT molecular complexity index is 691. The van der Waals surface area contributed by atoms with Gasteiger partial charge in [-0.05, 0) is 49.9 Å². The quantitative estimate of drug-likeness (QED) is 0.822. The minimum Gasteiger partial charge on any atom is -0.493 e. The van der Waals surface area contributed by atoms with E-state index < -0.39 is 0 Å². The van der Waals surface area contributed by atoms with Crippen molar-refractivity contribution >= 4 is 17.5 Å². The average molecular weight is 354 g/mol. The molecule has 0 aliphatic carbocycles. The number of amides is 1. The zero-order valence-electron chi connectivity index (χ0n) is 15.2. The average Bonchev–Trinajstić information content (AvgIpc) is 2.69. The monoisotopic (exact) mass is 354 g/mol. The molecule has 6 heteroatoms. The Labute approximate surface area is 154 Å². The van der Waals surface area contributed by atoms with Crippen LogP contribution in [-0.2, 0) is 4.79 Å². The first-order chi connectivity index (χ1) is 12.8. The Morgan fingerprint density at radius 1 is 1.19 bits per heavy atom. The number of carbonyl (C=O) groups is 1. The number of para-hydroxylation sites is 1. The fourth-order valence-electron chi connectivity index (χ4n) is 3.26. The summed E-state index contributed by atoms with van der Waals surface area (Å²) in [5.74, 6) is 1.99. The Kier molecular flexibility index (Phi) is 6.41. The fourth-order valence-corrected chi connectivity index (χ4v) is 3.26. The summed E-state index contributed by atoms with van der Waals surface area (Å²) in [7, 11) is 0. The van der Waals surface area contributed by atoms with Gasteiger partial charge >= 0.3 is 0 Å². The minimum atomic E-state index is -0.132. The van der Waals surface area contributed by atoms with E-state index in [2.05, 4.69) is 27.3 Å². The molecule has 3 rings (SSSR count). The van der Waals surface area contributed by atoms with Crippen LogP contribution in [0.3, 0.4) is 0 Å². The molecule has 1 N–H and O–H groups in total. The zero-order chi connectivity index (χ0) is 18.2. The lowest BCUT2D eigenvalue weighted by Gasteiger charge is -2.35. The van der Waals surface area contributed by atoms with Crippen LogP contribution in [0.2, 0.25) is 0 Å². The summed E-state index contributed by atoms with van der Waals surface area (Å²) in [5, 5.41) is 11.2. The molecule has 138 valence electrons. The third-order valence-corrected chi connectivity index (χ3v) is 4.65. The van der Waals surface area contributed by atoms with Gasteiger partial charge in [0.1, 0.15) is 5.75 Å². The molecule has 1 aliphatic rings. The van der Waals surface area contributed by atoms with Crippen LogP contribution in [0.4, 0.5) is 11.6 Å². The van der Waals surface area contributed by atoms with Crippen molar-refractivity contribution < 1.29 is 9.53 Å². The maximum absolute atomic E-state index is 12.0. The summed E-state index contributed by atoms with van der Waals surface area (Å²) >= 11 is 0. The Balaban J connectivity index is 1.48. The molecule has 0 spiro atoms. The molecule has 26 heavy (non-hydrogen) atoms. The second kappa shape index (κ2) is 9.17. The number of aromatic nitrogens is 2. The maximum atomic E-state index is 12.0. The van der Waals surface area contributed by atoms with Gasteiger partial charge in [0, 0.05) is 12.6 Å². The molecule has 1 atom stereocenters. The number of carbonyl (C=O) groups excluding carboxylic acids is 1. The van der Waals surface area contributed by atoms with Gasteiger partial charge < -0.3 is 15.0 Å². The van der Waals surface area contributed by atoms with Gasteiger partial charge in [0.2, 0.25) is 5.91 Å². The topological polar surface area (TPSA) is 67.4 Å². The van der Waals surface area contributed by atoms with Gasteiger partial charge in [-0.2, -0.15) is 0 Å². The van der Waals surface area contributed by atoms with Crippen LogP contribution in [-0.4, -0.2) is 35.3 Å². The highest BCUT2D eigenvalue weighted by molar-refractivity contribution is 5.89. The number of hydrogen-bond acceptors (Lipinski definition) is 5. The van der Waals surface area contributed by atoms with Gasteiger partial charge in [-0.1, -0.05) is 25.1 Å². The van der Waals surface area contributed by atoms with Crippen molar-refractivity contribution in [2.75, 3.05) is 23.4 Å². The van der Waals surface area contributed by atoms with Crippen molar-refractivity contribution in [2.45, 2.75) is 45.1 Å². The number of benzene rings is 1. The van der Waals surface area contributed by atoms with Crippen LogP contribution < -0.4 is 15.0 Å². The normalized spacial score (nSPS) is 17.0. The molecule has 6 nitrogen and oxygen atoms in total. The maximum Gasteiger partial charge on any atom is 0.229 e. The number of nitrogens with zero attached hydrogens (tertiary/aromatic N) is 3. The van der Waals surface area contributed by atoms with Crippen LogP contribution in [0, 0.1) is 0 Å². The molecule has 1 saturated heterocycles. The fraction of sp³-hybridized carbons (Fsp3) is 0.450. The van der Waals surface area contributed by atoms with Crippen molar-refractivity contribution in [1.82, 2.24) is 10.2 Å². The predicted octanol–water partition coefficient (Wildman–Crippen LogP) is 3.65. The third-order valence-electron chi connectivity index (χ3n) is 4.65. The number of ether oxygens (including phenoxy) is 1. The molecule has 1 aliphatic heterocycles. The number of hydrogen-bond donors (Lipinski definition) is 1. The summed E-state index contributed by atoms with van der Waals surface area (Å²) < 4.78 is 5.53. The van der Waals surface area contributed by atoms with E-state index in [1.165, 1.54) is 19.3 Å². The van der Waals surface area contributed by atoms with Gasteiger partial charge in [0.25, 0.3) is 0 Å². The number of anilines is 2. The Morgan fingerprint density at radius 2 is 2.04 bits per heavy atom. The molecular formula is C20H26N4O2. The summed E-state index contributed by atoms with van der Waals surface area (Å²) in [6.07, 6.45) is 5.06. The highest BCUT2D eigenvalue weighted by atomic mass is 16.5. The molecular weight excluding hydrogens is 328 g/mol. The second-order valence-electron chi connectivity index (χ2n) is 6.49. The predicted molar refractivity (Wildman–Crippen MR) is 102 cm³/mol. The SMILES string of the molecule is CCC1CCCCN1c1ccc(NC(=O)CCOc2ccccc2)nn1. The van der Waals surface area contributed by atoms with Crippen molar-refractivity contribution in [3.05, 3.63) is 42.5 Å². The van der Waals surface area contributed by atoms with Crippen LogP contribution >= 0.6 is 0 Å². The summed E-state index contributed by atoms with van der Waals surface area (Å²) in [5.41, 5.74) is 0. The molecule has 0 bridgehead atoms. The van der Waals surface area contributed by atoms with E-state index in [4.69, 9.17) is 4.74 Å². The van der Waals surface area contributed by atoms with E-state index in [0.717, 1.165) is 24.5 Å². The van der Waals surface area contributed by atoms with Gasteiger partial charge in [-0.15, -0.1) is 10.2 Å². The Hall–Kier alpha value is -2.63. The molecule has 0 saturated carbocycles. The summed E-state index contributed by atoms with van der Waals surface area (Å²) in [6.45, 7) is 3.56. The summed E-state index contributed by atoms with van der Waals surface area (Å²) in [6, 6.07) is 13.8. The first-order valence-corrected chi connectivity index (χ1v) is 9.34. The molecule has 1 aromatic carbocycles. The lowest BCUT2D eigenvalue weighted by molar-refractivity contribution is -0.116. The number of rotatable bonds is 7. The highest BCUT2D eigenvalue weighted by Gasteiger charge is 2.22. The molecule has 1 fully saturated rings. The molecule has 1 unspecified atom stereocenters. The van der Waals surface area contributed by atoms with Crippen molar-refractivity contribution in [2.24, 2.45) is 0 Å². The lowest BCUT2D eigenvalue weighted by Crippen LogP contribution is -2.39. The van der Waals surface area contributed by atoms with E-state index in [-0.39, 0.29) is 12.3 Å². The zero-order valence-corrected chi connectivity index (χ0v) is 15.2. The Morgan fingerprint density at radius 3 is 2.77 bits per heavy atom. The molecule has 1 aromatic heterocycles. The van der Waals surface area contributed by atoms with E-state index in [1.807, 2.05) is 42.5 Å².